The van der Waals surface area contributed by atoms with Gasteiger partial charge in [-0.05, 0) is 12.1 Å². The zero-order chi connectivity index (χ0) is 9.10. The van der Waals surface area contributed by atoms with E-state index in [2.05, 4.69) is 9.97 Å². The molecule has 0 aliphatic rings. The zero-order valence-electron chi connectivity index (χ0n) is 6.68. The van der Waals surface area contributed by atoms with Crippen molar-refractivity contribution in [3.05, 3.63) is 46.7 Å². The molecule has 2 heterocycles. The molecule has 0 aromatic carbocycles. The van der Waals surface area contributed by atoms with Crippen molar-refractivity contribution >= 4 is 17.1 Å². The fraction of sp³-hybridized carbons (Fsp3) is 0. The van der Waals surface area contributed by atoms with Crippen LogP contribution in [0.1, 0.15) is 15.5 Å². The quantitative estimate of drug-likeness (QED) is 0.678. The summed E-state index contributed by atoms with van der Waals surface area (Å²) in [5.74, 6) is -0.115. The summed E-state index contributed by atoms with van der Waals surface area (Å²) in [5, 5.41) is 2.26. The fourth-order valence-corrected chi connectivity index (χ4v) is 1.53. The molecular formula is C9H6N2OS. The third kappa shape index (κ3) is 1.62. The predicted molar refractivity (Wildman–Crippen MR) is 49.8 cm³/mol. The second-order valence-electron chi connectivity index (χ2n) is 2.38. The third-order valence-electron chi connectivity index (χ3n) is 1.52. The summed E-state index contributed by atoms with van der Waals surface area (Å²) in [6.07, 6.45) is 3.21. The molecule has 0 unspecified atom stereocenters. The van der Waals surface area contributed by atoms with Crippen LogP contribution in [0.5, 0.6) is 0 Å². The van der Waals surface area contributed by atoms with Crippen LogP contribution in [0, 0.1) is 0 Å². The highest BCUT2D eigenvalue weighted by molar-refractivity contribution is 7.11. The van der Waals surface area contributed by atoms with E-state index in [0.29, 0.717) is 10.7 Å². The van der Waals surface area contributed by atoms with Crippen LogP contribution in [0.15, 0.2) is 36.0 Å². The second kappa shape index (κ2) is 3.45. The molecule has 0 bridgehead atoms. The van der Waals surface area contributed by atoms with Crippen LogP contribution in [-0.4, -0.2) is 15.8 Å². The van der Waals surface area contributed by atoms with Gasteiger partial charge in [0.05, 0.1) is 0 Å². The van der Waals surface area contributed by atoms with Crippen LogP contribution in [0.3, 0.4) is 0 Å². The molecule has 0 spiro atoms. The molecule has 2 aromatic heterocycles. The molecule has 2 aromatic rings. The molecule has 0 saturated carbocycles. The van der Waals surface area contributed by atoms with Crippen LogP contribution in [0.2, 0.25) is 0 Å². The van der Waals surface area contributed by atoms with Crippen molar-refractivity contribution in [2.24, 2.45) is 0 Å². The molecule has 2 rings (SSSR count). The van der Waals surface area contributed by atoms with Crippen molar-refractivity contribution in [3.63, 3.8) is 0 Å². The Balaban J connectivity index is 2.34. The number of carbonyl (C=O) groups excluding carboxylic acids is 1. The number of pyridine rings is 1. The molecule has 0 radical (unpaired) electrons. The van der Waals surface area contributed by atoms with Crippen molar-refractivity contribution in [2.45, 2.75) is 0 Å². The summed E-state index contributed by atoms with van der Waals surface area (Å²) in [4.78, 5) is 19.5. The number of carbonyl (C=O) groups is 1. The van der Waals surface area contributed by atoms with Crippen LogP contribution < -0.4 is 0 Å². The Bertz CT molecular complexity index is 397. The molecule has 13 heavy (non-hydrogen) atoms. The predicted octanol–water partition coefficient (Wildman–Crippen LogP) is 1.77. The molecule has 0 amide bonds. The molecule has 3 nitrogen and oxygen atoms in total. The summed E-state index contributed by atoms with van der Waals surface area (Å²) in [6, 6.07) is 5.25. The minimum atomic E-state index is -0.115. The highest BCUT2D eigenvalue weighted by Gasteiger charge is 2.11. The standard InChI is InChI=1S/C9H6N2OS/c12-8(9-11-5-6-13-9)7-3-1-2-4-10-7/h1-6H. The lowest BCUT2D eigenvalue weighted by molar-refractivity contribution is 0.103. The van der Waals surface area contributed by atoms with Gasteiger partial charge in [0.15, 0.2) is 5.01 Å². The van der Waals surface area contributed by atoms with E-state index >= 15 is 0 Å². The molecule has 0 saturated heterocycles. The van der Waals surface area contributed by atoms with E-state index in [1.807, 2.05) is 0 Å². The van der Waals surface area contributed by atoms with E-state index in [9.17, 15) is 4.79 Å². The van der Waals surface area contributed by atoms with Crippen molar-refractivity contribution in [2.75, 3.05) is 0 Å². The Morgan fingerprint density at radius 1 is 1.23 bits per heavy atom. The lowest BCUT2D eigenvalue weighted by Crippen LogP contribution is -2.02. The normalized spacial score (nSPS) is 9.85. The van der Waals surface area contributed by atoms with Crippen molar-refractivity contribution < 1.29 is 4.79 Å². The molecule has 0 aliphatic carbocycles. The van der Waals surface area contributed by atoms with E-state index in [4.69, 9.17) is 0 Å². The Morgan fingerprint density at radius 2 is 2.15 bits per heavy atom. The molecule has 64 valence electrons. The Hall–Kier alpha value is -1.55. The number of ketones is 1. The first-order valence-electron chi connectivity index (χ1n) is 3.73. The van der Waals surface area contributed by atoms with Crippen molar-refractivity contribution in [1.29, 1.82) is 0 Å². The summed E-state index contributed by atoms with van der Waals surface area (Å²) in [6.45, 7) is 0. The van der Waals surface area contributed by atoms with Crippen LogP contribution in [0.25, 0.3) is 0 Å². The average Bonchev–Trinajstić information content (AvgIpc) is 2.71. The van der Waals surface area contributed by atoms with Gasteiger partial charge in [-0.1, -0.05) is 6.07 Å². The SMILES string of the molecule is O=C(c1ccccn1)c1nccs1. The van der Waals surface area contributed by atoms with E-state index in [1.54, 1.807) is 36.0 Å². The summed E-state index contributed by atoms with van der Waals surface area (Å²) >= 11 is 1.33. The third-order valence-corrected chi connectivity index (χ3v) is 2.30. The number of aromatic nitrogens is 2. The number of nitrogens with zero attached hydrogens (tertiary/aromatic N) is 2. The van der Waals surface area contributed by atoms with E-state index in [0.717, 1.165) is 0 Å². The van der Waals surface area contributed by atoms with Gasteiger partial charge in [0.2, 0.25) is 5.78 Å². The lowest BCUT2D eigenvalue weighted by Gasteiger charge is -1.93. The van der Waals surface area contributed by atoms with Crippen LogP contribution in [0.4, 0.5) is 0 Å². The first kappa shape index (κ1) is 8.07. The number of rotatable bonds is 2. The van der Waals surface area contributed by atoms with Crippen LogP contribution in [-0.2, 0) is 0 Å². The van der Waals surface area contributed by atoms with Crippen LogP contribution >= 0.6 is 11.3 Å². The Labute approximate surface area is 79.1 Å². The monoisotopic (exact) mass is 190 g/mol. The van der Waals surface area contributed by atoms with Gasteiger partial charge >= 0.3 is 0 Å². The highest BCUT2D eigenvalue weighted by Crippen LogP contribution is 2.09. The first-order chi connectivity index (χ1) is 6.38. The van der Waals surface area contributed by atoms with Crippen molar-refractivity contribution in [3.8, 4) is 0 Å². The van der Waals surface area contributed by atoms with Gasteiger partial charge in [-0.2, -0.15) is 0 Å². The van der Waals surface area contributed by atoms with Gasteiger partial charge in [-0.25, -0.2) is 4.98 Å². The maximum atomic E-state index is 11.6. The largest absolute Gasteiger partial charge is 0.284 e. The molecule has 4 heteroatoms. The fourth-order valence-electron chi connectivity index (χ4n) is 0.942. The van der Waals surface area contributed by atoms with Gasteiger partial charge in [0.1, 0.15) is 5.69 Å². The minimum absolute atomic E-state index is 0.115. The zero-order valence-corrected chi connectivity index (χ0v) is 7.49. The van der Waals surface area contributed by atoms with E-state index in [-0.39, 0.29) is 5.78 Å². The second-order valence-corrected chi connectivity index (χ2v) is 3.28. The minimum Gasteiger partial charge on any atom is -0.284 e. The molecule has 0 atom stereocenters. The van der Waals surface area contributed by atoms with Gasteiger partial charge in [-0.3, -0.25) is 9.78 Å². The molecule has 0 aliphatic heterocycles. The van der Waals surface area contributed by atoms with Crippen molar-refractivity contribution in [1.82, 2.24) is 9.97 Å². The summed E-state index contributed by atoms with van der Waals surface area (Å²) in [5.41, 5.74) is 0.442. The lowest BCUT2D eigenvalue weighted by atomic mass is 10.2. The van der Waals surface area contributed by atoms with E-state index < -0.39 is 0 Å². The number of hydrogen-bond acceptors (Lipinski definition) is 4. The number of thiazole rings is 1. The Kier molecular flexibility index (Phi) is 2.14. The van der Waals surface area contributed by atoms with Gasteiger partial charge in [-0.15, -0.1) is 11.3 Å². The first-order valence-corrected chi connectivity index (χ1v) is 4.61. The number of hydrogen-bond donors (Lipinski definition) is 0. The molecule has 0 N–H and O–H groups in total. The van der Waals surface area contributed by atoms with Gasteiger partial charge in [0, 0.05) is 17.8 Å². The highest BCUT2D eigenvalue weighted by atomic mass is 32.1. The topological polar surface area (TPSA) is 42.9 Å². The molecular weight excluding hydrogens is 184 g/mol. The molecule has 0 fully saturated rings. The Morgan fingerprint density at radius 3 is 2.77 bits per heavy atom. The van der Waals surface area contributed by atoms with E-state index in [1.165, 1.54) is 11.3 Å². The summed E-state index contributed by atoms with van der Waals surface area (Å²) < 4.78 is 0. The maximum absolute atomic E-state index is 11.6. The van der Waals surface area contributed by atoms with Gasteiger partial charge in [0.25, 0.3) is 0 Å². The van der Waals surface area contributed by atoms with Gasteiger partial charge < -0.3 is 0 Å². The smallest absolute Gasteiger partial charge is 0.239 e. The average molecular weight is 190 g/mol. The summed E-state index contributed by atoms with van der Waals surface area (Å²) in [7, 11) is 0. The maximum Gasteiger partial charge on any atom is 0.239 e.